The Morgan fingerprint density at radius 3 is 2.56 bits per heavy atom. The lowest BCUT2D eigenvalue weighted by molar-refractivity contribution is 0.0947. The van der Waals surface area contributed by atoms with Crippen molar-refractivity contribution in [2.45, 2.75) is 12.8 Å². The molecular weight excluding hydrogens is 321 g/mol. The zero-order valence-corrected chi connectivity index (χ0v) is 13.7. The molecule has 1 atom stereocenters. The number of nitrogens with zero attached hydrogens (tertiary/aromatic N) is 3. The number of anilines is 1. The van der Waals surface area contributed by atoms with Crippen LogP contribution in [0.2, 0.25) is 0 Å². The number of rotatable bonds is 5. The average Bonchev–Trinajstić information content (AvgIpc) is 3.02. The second-order valence-corrected chi connectivity index (χ2v) is 5.73. The summed E-state index contributed by atoms with van der Waals surface area (Å²) in [7, 11) is 0. The van der Waals surface area contributed by atoms with E-state index in [1.54, 1.807) is 0 Å². The summed E-state index contributed by atoms with van der Waals surface area (Å²) in [6, 6.07) is 15.5. The van der Waals surface area contributed by atoms with E-state index in [0.717, 1.165) is 5.56 Å². The summed E-state index contributed by atoms with van der Waals surface area (Å²) in [5, 5.41) is 10.5. The van der Waals surface area contributed by atoms with Crippen LogP contribution in [0, 0.1) is 5.82 Å². The number of carbonyl (C=O) groups is 1. The number of nitrogens with one attached hydrogen (secondary N) is 1. The molecule has 0 aliphatic carbocycles. The molecule has 0 aliphatic rings. The number of hydrogen-bond acceptors (Lipinski definition) is 4. The van der Waals surface area contributed by atoms with E-state index in [-0.39, 0.29) is 23.2 Å². The fourth-order valence-corrected chi connectivity index (χ4v) is 2.45. The van der Waals surface area contributed by atoms with Crippen molar-refractivity contribution in [1.29, 1.82) is 0 Å². The molecule has 6 nitrogen and oxygen atoms in total. The fraction of sp³-hybridized carbons (Fsp3) is 0.167. The molecule has 1 heterocycles. The van der Waals surface area contributed by atoms with Crippen molar-refractivity contribution in [3.63, 3.8) is 0 Å². The maximum absolute atomic E-state index is 13.0. The molecule has 3 rings (SSSR count). The van der Waals surface area contributed by atoms with E-state index in [1.165, 1.54) is 28.9 Å². The number of benzene rings is 2. The number of aromatic nitrogens is 3. The van der Waals surface area contributed by atoms with Gasteiger partial charge in [-0.25, -0.2) is 4.39 Å². The highest BCUT2D eigenvalue weighted by molar-refractivity contribution is 5.96. The highest BCUT2D eigenvalue weighted by atomic mass is 19.1. The third-order valence-electron chi connectivity index (χ3n) is 3.93. The van der Waals surface area contributed by atoms with Crippen LogP contribution in [0.1, 0.15) is 28.9 Å². The van der Waals surface area contributed by atoms with Crippen molar-refractivity contribution in [2.75, 3.05) is 12.3 Å². The van der Waals surface area contributed by atoms with E-state index in [4.69, 9.17) is 5.73 Å². The summed E-state index contributed by atoms with van der Waals surface area (Å²) in [5.41, 5.74) is 7.68. The zero-order chi connectivity index (χ0) is 17.8. The highest BCUT2D eigenvalue weighted by Crippen LogP contribution is 2.16. The van der Waals surface area contributed by atoms with Crippen LogP contribution in [0.4, 0.5) is 10.2 Å². The van der Waals surface area contributed by atoms with Crippen molar-refractivity contribution >= 4 is 11.7 Å². The summed E-state index contributed by atoms with van der Waals surface area (Å²) in [6.45, 7) is 2.47. The lowest BCUT2D eigenvalue weighted by Crippen LogP contribution is -2.28. The Morgan fingerprint density at radius 1 is 1.20 bits per heavy atom. The quantitative estimate of drug-likeness (QED) is 0.748. The van der Waals surface area contributed by atoms with E-state index < -0.39 is 5.91 Å². The summed E-state index contributed by atoms with van der Waals surface area (Å²) in [4.78, 5) is 12.3. The van der Waals surface area contributed by atoms with Gasteiger partial charge in [-0.1, -0.05) is 42.5 Å². The average molecular weight is 339 g/mol. The van der Waals surface area contributed by atoms with Gasteiger partial charge in [-0.05, 0) is 35.7 Å². The number of carbonyl (C=O) groups excluding carboxylic acids is 1. The normalized spacial score (nSPS) is 11.9. The van der Waals surface area contributed by atoms with E-state index in [2.05, 4.69) is 15.6 Å². The minimum absolute atomic E-state index is 0.0459. The van der Waals surface area contributed by atoms with E-state index in [9.17, 15) is 9.18 Å². The van der Waals surface area contributed by atoms with Crippen molar-refractivity contribution < 1.29 is 9.18 Å². The minimum Gasteiger partial charge on any atom is -0.382 e. The van der Waals surface area contributed by atoms with Gasteiger partial charge in [-0.3, -0.25) is 4.79 Å². The van der Waals surface area contributed by atoms with Crippen molar-refractivity contribution in [3.8, 4) is 5.69 Å². The van der Waals surface area contributed by atoms with Crippen LogP contribution in [0.5, 0.6) is 0 Å². The molecule has 2 aromatic carbocycles. The molecule has 3 N–H and O–H groups in total. The fourth-order valence-electron chi connectivity index (χ4n) is 2.45. The number of nitrogens with two attached hydrogens (primary N) is 1. The van der Waals surface area contributed by atoms with Crippen molar-refractivity contribution in [3.05, 3.63) is 71.7 Å². The third-order valence-corrected chi connectivity index (χ3v) is 3.93. The van der Waals surface area contributed by atoms with Crippen LogP contribution >= 0.6 is 0 Å². The zero-order valence-electron chi connectivity index (χ0n) is 13.7. The Balaban J connectivity index is 1.70. The van der Waals surface area contributed by atoms with Crippen LogP contribution in [-0.4, -0.2) is 27.4 Å². The van der Waals surface area contributed by atoms with E-state index in [0.29, 0.717) is 12.2 Å². The maximum Gasteiger partial charge on any atom is 0.275 e. The first-order valence-electron chi connectivity index (χ1n) is 7.86. The molecule has 0 spiro atoms. The molecule has 0 bridgehead atoms. The largest absolute Gasteiger partial charge is 0.382 e. The van der Waals surface area contributed by atoms with Gasteiger partial charge in [-0.15, -0.1) is 5.10 Å². The first-order chi connectivity index (χ1) is 12.1. The predicted molar refractivity (Wildman–Crippen MR) is 92.9 cm³/mol. The molecule has 7 heteroatoms. The van der Waals surface area contributed by atoms with E-state index in [1.807, 2.05) is 37.3 Å². The second-order valence-electron chi connectivity index (χ2n) is 5.73. The summed E-state index contributed by atoms with van der Waals surface area (Å²) in [6.07, 6.45) is 0. The van der Waals surface area contributed by atoms with Gasteiger partial charge in [-0.2, -0.15) is 4.68 Å². The Kier molecular flexibility index (Phi) is 4.74. The van der Waals surface area contributed by atoms with Gasteiger partial charge in [0, 0.05) is 6.54 Å². The second kappa shape index (κ2) is 7.12. The van der Waals surface area contributed by atoms with Gasteiger partial charge in [0.05, 0.1) is 5.69 Å². The SMILES string of the molecule is C[C@@H](CNC(=O)c1nnn(-c2ccc(F)cc2)c1N)c1ccccc1. The number of amides is 1. The van der Waals surface area contributed by atoms with Gasteiger partial charge in [0.2, 0.25) is 0 Å². The molecule has 3 aromatic rings. The number of halogens is 1. The molecule has 1 aromatic heterocycles. The topological polar surface area (TPSA) is 85.8 Å². The lowest BCUT2D eigenvalue weighted by atomic mass is 10.0. The van der Waals surface area contributed by atoms with Crippen molar-refractivity contribution in [2.24, 2.45) is 0 Å². The minimum atomic E-state index is -0.395. The molecule has 0 saturated carbocycles. The highest BCUT2D eigenvalue weighted by Gasteiger charge is 2.19. The van der Waals surface area contributed by atoms with Gasteiger partial charge in [0.15, 0.2) is 11.5 Å². The van der Waals surface area contributed by atoms with Crippen LogP contribution < -0.4 is 11.1 Å². The first kappa shape index (κ1) is 16.6. The summed E-state index contributed by atoms with van der Waals surface area (Å²) < 4.78 is 14.3. The monoisotopic (exact) mass is 339 g/mol. The van der Waals surface area contributed by atoms with Crippen LogP contribution in [0.15, 0.2) is 54.6 Å². The Morgan fingerprint density at radius 2 is 1.88 bits per heavy atom. The van der Waals surface area contributed by atoms with Gasteiger partial charge in [0.25, 0.3) is 5.91 Å². The molecular formula is C18H18FN5O. The third kappa shape index (κ3) is 3.65. The Bertz CT molecular complexity index is 861. The van der Waals surface area contributed by atoms with Gasteiger partial charge < -0.3 is 11.1 Å². The molecule has 25 heavy (non-hydrogen) atoms. The summed E-state index contributed by atoms with van der Waals surface area (Å²) in [5.74, 6) is -0.501. The molecule has 1 amide bonds. The van der Waals surface area contributed by atoms with Gasteiger partial charge >= 0.3 is 0 Å². The molecule has 0 aliphatic heterocycles. The number of nitrogen functional groups attached to an aromatic ring is 1. The standard InChI is InChI=1S/C18H18FN5O/c1-12(13-5-3-2-4-6-13)11-21-18(25)16-17(20)24(23-22-16)15-9-7-14(19)8-10-15/h2-10,12H,11,20H2,1H3,(H,21,25)/t12-/m0/s1. The lowest BCUT2D eigenvalue weighted by Gasteiger charge is -2.12. The predicted octanol–water partition coefficient (Wildman–Crippen LogP) is 2.52. The van der Waals surface area contributed by atoms with Crippen LogP contribution in [-0.2, 0) is 0 Å². The van der Waals surface area contributed by atoms with Crippen LogP contribution in [0.3, 0.4) is 0 Å². The number of hydrogen-bond donors (Lipinski definition) is 2. The summed E-state index contributed by atoms with van der Waals surface area (Å²) >= 11 is 0. The van der Waals surface area contributed by atoms with Crippen molar-refractivity contribution in [1.82, 2.24) is 20.3 Å². The first-order valence-corrected chi connectivity index (χ1v) is 7.86. The molecule has 0 radical (unpaired) electrons. The smallest absolute Gasteiger partial charge is 0.275 e. The Hall–Kier alpha value is -3.22. The molecule has 0 saturated heterocycles. The molecule has 0 fully saturated rings. The van der Waals surface area contributed by atoms with E-state index >= 15 is 0 Å². The Labute approximate surface area is 144 Å². The molecule has 128 valence electrons. The van der Waals surface area contributed by atoms with Gasteiger partial charge in [0.1, 0.15) is 5.82 Å². The maximum atomic E-state index is 13.0. The molecule has 0 unspecified atom stereocenters. The van der Waals surface area contributed by atoms with Crippen LogP contribution in [0.25, 0.3) is 5.69 Å².